The van der Waals surface area contributed by atoms with Crippen LogP contribution in [0, 0.1) is 0 Å². The molecule has 0 atom stereocenters. The number of hydrogen-bond donors (Lipinski definition) is 0. The van der Waals surface area contributed by atoms with Crippen LogP contribution in [-0.2, 0) is 0 Å². The summed E-state index contributed by atoms with van der Waals surface area (Å²) in [7, 11) is 0. The number of benzene rings is 7. The zero-order valence-corrected chi connectivity index (χ0v) is 30.1. The largest absolute Gasteiger partial charge is 0.456 e. The van der Waals surface area contributed by atoms with Crippen LogP contribution in [0.3, 0.4) is 0 Å². The lowest BCUT2D eigenvalue weighted by molar-refractivity contribution is 0.668. The third kappa shape index (κ3) is 5.37. The zero-order valence-electron chi connectivity index (χ0n) is 30.1. The third-order valence-electron chi connectivity index (χ3n) is 10.6. The number of para-hydroxylation sites is 2. The van der Waals surface area contributed by atoms with Crippen molar-refractivity contribution in [2.24, 2.45) is 0 Å². The number of pyridine rings is 1. The van der Waals surface area contributed by atoms with Gasteiger partial charge in [-0.1, -0.05) is 140 Å². The van der Waals surface area contributed by atoms with Gasteiger partial charge in [-0.25, -0.2) is 9.97 Å². The van der Waals surface area contributed by atoms with Crippen molar-refractivity contribution in [3.63, 3.8) is 0 Å². The highest BCUT2D eigenvalue weighted by Crippen LogP contribution is 2.45. The van der Waals surface area contributed by atoms with E-state index in [0.29, 0.717) is 5.82 Å². The second kappa shape index (κ2) is 13.0. The molecule has 5 heteroatoms. The molecule has 0 spiro atoms. The van der Waals surface area contributed by atoms with Gasteiger partial charge in [-0.2, -0.15) is 0 Å². The Hall–Kier alpha value is -7.63. The Morgan fingerprint density at radius 1 is 0.357 bits per heavy atom. The molecule has 56 heavy (non-hydrogen) atoms. The van der Waals surface area contributed by atoms with Crippen LogP contribution < -0.4 is 0 Å². The Morgan fingerprint density at radius 3 is 1.66 bits per heavy atom. The van der Waals surface area contributed by atoms with Crippen LogP contribution in [0.1, 0.15) is 0 Å². The summed E-state index contributed by atoms with van der Waals surface area (Å²) in [6.45, 7) is 0. The van der Waals surface area contributed by atoms with E-state index in [1.807, 2.05) is 60.8 Å². The quantitative estimate of drug-likeness (QED) is 0.171. The van der Waals surface area contributed by atoms with Gasteiger partial charge in [0.25, 0.3) is 0 Å². The first kappa shape index (κ1) is 31.9. The van der Waals surface area contributed by atoms with Crippen molar-refractivity contribution in [3.8, 4) is 67.3 Å². The van der Waals surface area contributed by atoms with Crippen LogP contribution in [0.4, 0.5) is 0 Å². The predicted octanol–water partition coefficient (Wildman–Crippen LogP) is 13.7. The van der Waals surface area contributed by atoms with Gasteiger partial charge in [0.1, 0.15) is 22.3 Å². The van der Waals surface area contributed by atoms with E-state index in [2.05, 4.69) is 126 Å². The molecule has 11 aromatic rings. The minimum absolute atomic E-state index is 0.641. The van der Waals surface area contributed by atoms with Gasteiger partial charge in [0.05, 0.1) is 11.4 Å². The van der Waals surface area contributed by atoms with Crippen molar-refractivity contribution in [1.82, 2.24) is 15.0 Å². The van der Waals surface area contributed by atoms with Crippen molar-refractivity contribution >= 4 is 43.9 Å². The number of furan rings is 2. The van der Waals surface area contributed by atoms with Crippen LogP contribution in [-0.4, -0.2) is 15.0 Å². The molecule has 11 rings (SSSR count). The molecular formula is C51H31N3O2. The topological polar surface area (TPSA) is 65.0 Å². The molecule has 0 aliphatic carbocycles. The van der Waals surface area contributed by atoms with Gasteiger partial charge in [0.2, 0.25) is 0 Å². The second-order valence-electron chi connectivity index (χ2n) is 14.0. The molecule has 5 nitrogen and oxygen atoms in total. The molecule has 0 aliphatic rings. The van der Waals surface area contributed by atoms with Gasteiger partial charge in [-0.3, -0.25) is 4.98 Å². The maximum atomic E-state index is 6.79. The van der Waals surface area contributed by atoms with E-state index in [0.717, 1.165) is 105 Å². The van der Waals surface area contributed by atoms with E-state index in [4.69, 9.17) is 18.8 Å². The summed E-state index contributed by atoms with van der Waals surface area (Å²) in [5, 5.41) is 4.26. The average molecular weight is 718 g/mol. The summed E-state index contributed by atoms with van der Waals surface area (Å²) in [6, 6.07) is 60.6. The lowest BCUT2D eigenvalue weighted by Crippen LogP contribution is -1.96. The Bertz CT molecular complexity index is 3220. The SMILES string of the molecule is c1ccc(-c2cc(-c3ccc(-c4cccc5oc6ccccc6c45)c4c3oc3ccccc34)nc(-c3ccc(-c4ccc(-c5cccnc5)cc4)cc3)n2)cc1. The summed E-state index contributed by atoms with van der Waals surface area (Å²) < 4.78 is 13.1. The fourth-order valence-corrected chi connectivity index (χ4v) is 7.92. The number of hydrogen-bond acceptors (Lipinski definition) is 5. The molecule has 0 saturated heterocycles. The minimum atomic E-state index is 0.641. The highest BCUT2D eigenvalue weighted by atomic mass is 16.3. The molecule has 0 radical (unpaired) electrons. The van der Waals surface area contributed by atoms with E-state index in [1.165, 1.54) is 0 Å². The maximum absolute atomic E-state index is 6.79. The number of rotatable bonds is 6. The Labute approximate surface area is 322 Å². The standard InChI is InChI=1S/C51H31N3O2/c1-2-10-35(11-3-1)43-30-44(54-51(53-43)36-25-23-33(24-26-36)32-19-21-34(22-20-32)37-12-9-29-52-31-37)40-28-27-39(49-42-14-5-7-17-46(42)56-50(40)49)38-15-8-18-47-48(38)41-13-4-6-16-45(41)55-47/h1-31H. The summed E-state index contributed by atoms with van der Waals surface area (Å²) in [5.41, 5.74) is 14.4. The summed E-state index contributed by atoms with van der Waals surface area (Å²) in [5.74, 6) is 0.641. The zero-order chi connectivity index (χ0) is 37.0. The average Bonchev–Trinajstić information content (AvgIpc) is 3.86. The predicted molar refractivity (Wildman–Crippen MR) is 227 cm³/mol. The molecule has 7 aromatic carbocycles. The molecule has 4 heterocycles. The summed E-state index contributed by atoms with van der Waals surface area (Å²) in [4.78, 5) is 14.7. The lowest BCUT2D eigenvalue weighted by Gasteiger charge is -2.12. The van der Waals surface area contributed by atoms with E-state index in [-0.39, 0.29) is 0 Å². The smallest absolute Gasteiger partial charge is 0.160 e. The van der Waals surface area contributed by atoms with Gasteiger partial charge in [0.15, 0.2) is 5.82 Å². The number of aromatic nitrogens is 3. The molecule has 0 unspecified atom stereocenters. The normalized spacial score (nSPS) is 11.6. The van der Waals surface area contributed by atoms with E-state index < -0.39 is 0 Å². The molecule has 0 saturated carbocycles. The van der Waals surface area contributed by atoms with Crippen LogP contribution >= 0.6 is 0 Å². The number of nitrogens with zero attached hydrogens (tertiary/aromatic N) is 3. The van der Waals surface area contributed by atoms with E-state index in [1.54, 1.807) is 6.20 Å². The minimum Gasteiger partial charge on any atom is -0.456 e. The van der Waals surface area contributed by atoms with Gasteiger partial charge < -0.3 is 8.83 Å². The first-order valence-electron chi connectivity index (χ1n) is 18.7. The number of fused-ring (bicyclic) bond motifs is 6. The Morgan fingerprint density at radius 2 is 0.929 bits per heavy atom. The fraction of sp³-hybridized carbons (Fsp3) is 0. The second-order valence-corrected chi connectivity index (χ2v) is 14.0. The van der Waals surface area contributed by atoms with Crippen LogP contribution in [0.5, 0.6) is 0 Å². The third-order valence-corrected chi connectivity index (χ3v) is 10.6. The van der Waals surface area contributed by atoms with E-state index >= 15 is 0 Å². The maximum Gasteiger partial charge on any atom is 0.160 e. The van der Waals surface area contributed by atoms with Crippen LogP contribution in [0.25, 0.3) is 111 Å². The molecule has 0 aliphatic heterocycles. The lowest BCUT2D eigenvalue weighted by atomic mass is 9.93. The van der Waals surface area contributed by atoms with Gasteiger partial charge in [-0.15, -0.1) is 0 Å². The molecule has 0 fully saturated rings. The van der Waals surface area contributed by atoms with Crippen molar-refractivity contribution in [2.45, 2.75) is 0 Å². The highest BCUT2D eigenvalue weighted by Gasteiger charge is 2.22. The van der Waals surface area contributed by atoms with Crippen LogP contribution in [0.15, 0.2) is 197 Å². The molecule has 4 aromatic heterocycles. The molecule has 0 amide bonds. The van der Waals surface area contributed by atoms with Gasteiger partial charge >= 0.3 is 0 Å². The van der Waals surface area contributed by atoms with Gasteiger partial charge in [-0.05, 0) is 69.8 Å². The molecule has 262 valence electrons. The van der Waals surface area contributed by atoms with Crippen molar-refractivity contribution in [3.05, 3.63) is 188 Å². The molecule has 0 N–H and O–H groups in total. The summed E-state index contributed by atoms with van der Waals surface area (Å²) >= 11 is 0. The first-order valence-corrected chi connectivity index (χ1v) is 18.7. The fourth-order valence-electron chi connectivity index (χ4n) is 7.92. The first-order chi connectivity index (χ1) is 27.7. The van der Waals surface area contributed by atoms with Crippen molar-refractivity contribution in [2.75, 3.05) is 0 Å². The van der Waals surface area contributed by atoms with Crippen molar-refractivity contribution in [1.29, 1.82) is 0 Å². The van der Waals surface area contributed by atoms with Crippen molar-refractivity contribution < 1.29 is 8.83 Å². The summed E-state index contributed by atoms with van der Waals surface area (Å²) in [6.07, 6.45) is 3.68. The Balaban J connectivity index is 1.06. The monoisotopic (exact) mass is 717 g/mol. The highest BCUT2D eigenvalue weighted by molar-refractivity contribution is 6.21. The van der Waals surface area contributed by atoms with E-state index in [9.17, 15) is 0 Å². The Kier molecular flexibility index (Phi) is 7.42. The molecular weight excluding hydrogens is 687 g/mol. The van der Waals surface area contributed by atoms with Gasteiger partial charge in [0, 0.05) is 50.6 Å². The van der Waals surface area contributed by atoms with Crippen LogP contribution in [0.2, 0.25) is 0 Å². The molecule has 0 bridgehead atoms.